The van der Waals surface area contributed by atoms with Gasteiger partial charge in [0.05, 0.1) is 6.04 Å². The van der Waals surface area contributed by atoms with Crippen LogP contribution in [-0.2, 0) is 0 Å². The van der Waals surface area contributed by atoms with Crippen molar-refractivity contribution in [2.75, 3.05) is 0 Å². The Labute approximate surface area is 115 Å². The summed E-state index contributed by atoms with van der Waals surface area (Å²) in [6, 6.07) is -0.0625. The van der Waals surface area contributed by atoms with Gasteiger partial charge in [0.1, 0.15) is 5.82 Å². The maximum absolute atomic E-state index is 5.83. The molecule has 1 unspecified atom stereocenters. The van der Waals surface area contributed by atoms with Crippen LogP contribution in [0.4, 0.5) is 0 Å². The molecule has 1 atom stereocenters. The first kappa shape index (κ1) is 11.8. The first-order chi connectivity index (χ1) is 9.20. The van der Waals surface area contributed by atoms with Gasteiger partial charge in [-0.25, -0.2) is 9.97 Å². The minimum atomic E-state index is -0.0625. The number of hydrogen-bond acceptors (Lipinski definition) is 3. The number of nitrogens with zero attached hydrogens (tertiary/aromatic N) is 2. The molecule has 0 aliphatic heterocycles. The Hall–Kier alpha value is -0.960. The fraction of sp³-hybridized carbons (Fsp3) is 0.750. The molecule has 4 fully saturated rings. The van der Waals surface area contributed by atoms with Crippen molar-refractivity contribution in [2.45, 2.75) is 51.0 Å². The fourth-order valence-electron chi connectivity index (χ4n) is 5.22. The molecule has 0 saturated heterocycles. The zero-order valence-electron chi connectivity index (χ0n) is 11.6. The average molecular weight is 257 g/mol. The quantitative estimate of drug-likeness (QED) is 0.886. The average Bonchev–Trinajstić information content (AvgIpc) is 2.38. The Morgan fingerprint density at radius 1 is 1.00 bits per heavy atom. The van der Waals surface area contributed by atoms with Crippen LogP contribution in [0.15, 0.2) is 12.4 Å². The van der Waals surface area contributed by atoms with Gasteiger partial charge in [-0.05, 0) is 74.2 Å². The van der Waals surface area contributed by atoms with Gasteiger partial charge in [-0.2, -0.15) is 0 Å². The van der Waals surface area contributed by atoms with Crippen molar-refractivity contribution < 1.29 is 0 Å². The van der Waals surface area contributed by atoms with E-state index < -0.39 is 0 Å². The van der Waals surface area contributed by atoms with E-state index in [1.165, 1.54) is 37.7 Å². The van der Waals surface area contributed by atoms with Crippen LogP contribution < -0.4 is 5.73 Å². The highest BCUT2D eigenvalue weighted by Gasteiger charge is 2.48. The predicted molar refractivity (Wildman–Crippen MR) is 74.4 cm³/mol. The Morgan fingerprint density at radius 2 is 1.53 bits per heavy atom. The molecule has 4 bridgehead atoms. The lowest BCUT2D eigenvalue weighted by atomic mass is 9.51. The van der Waals surface area contributed by atoms with Crippen LogP contribution in [0.1, 0.15) is 62.4 Å². The Bertz CT molecular complexity index is 437. The summed E-state index contributed by atoms with van der Waals surface area (Å²) in [6.07, 6.45) is 11.4. The smallest absolute Gasteiger partial charge is 0.144 e. The van der Waals surface area contributed by atoms with E-state index in [9.17, 15) is 0 Å². The topological polar surface area (TPSA) is 51.8 Å². The molecule has 0 radical (unpaired) electrons. The summed E-state index contributed by atoms with van der Waals surface area (Å²) in [6.45, 7) is 1.94. The number of aromatic nitrogens is 2. The molecule has 3 nitrogen and oxygen atoms in total. The van der Waals surface area contributed by atoms with Crippen molar-refractivity contribution in [1.82, 2.24) is 9.97 Å². The summed E-state index contributed by atoms with van der Waals surface area (Å²) in [5.74, 6) is 5.37. The van der Waals surface area contributed by atoms with Crippen LogP contribution in [0.2, 0.25) is 0 Å². The van der Waals surface area contributed by atoms with Crippen molar-refractivity contribution in [3.63, 3.8) is 0 Å². The lowest BCUT2D eigenvalue weighted by molar-refractivity contribution is -0.00301. The third kappa shape index (κ3) is 1.90. The lowest BCUT2D eigenvalue weighted by Crippen LogP contribution is -2.43. The highest BCUT2D eigenvalue weighted by atomic mass is 14.9. The van der Waals surface area contributed by atoms with E-state index in [0.717, 1.165) is 35.4 Å². The number of hydrogen-bond donors (Lipinski definition) is 1. The molecule has 2 N–H and O–H groups in total. The molecule has 19 heavy (non-hydrogen) atoms. The predicted octanol–water partition coefficient (Wildman–Crippen LogP) is 3.04. The molecule has 102 valence electrons. The van der Waals surface area contributed by atoms with E-state index in [0.29, 0.717) is 0 Å². The maximum atomic E-state index is 5.83. The van der Waals surface area contributed by atoms with Crippen molar-refractivity contribution >= 4 is 0 Å². The van der Waals surface area contributed by atoms with Crippen LogP contribution in [0.3, 0.4) is 0 Å². The van der Waals surface area contributed by atoms with E-state index >= 15 is 0 Å². The van der Waals surface area contributed by atoms with Gasteiger partial charge in [0.25, 0.3) is 0 Å². The van der Waals surface area contributed by atoms with E-state index in [1.807, 2.05) is 6.92 Å². The minimum Gasteiger partial charge on any atom is -0.322 e. The van der Waals surface area contributed by atoms with Crippen molar-refractivity contribution in [1.29, 1.82) is 0 Å². The summed E-state index contributed by atoms with van der Waals surface area (Å²) >= 11 is 0. The molecule has 0 amide bonds. The van der Waals surface area contributed by atoms with Gasteiger partial charge in [-0.3, -0.25) is 0 Å². The first-order valence-electron chi connectivity index (χ1n) is 7.78. The van der Waals surface area contributed by atoms with Gasteiger partial charge in [-0.15, -0.1) is 0 Å². The van der Waals surface area contributed by atoms with Crippen LogP contribution in [0.5, 0.6) is 0 Å². The molecule has 1 aromatic heterocycles. The van der Waals surface area contributed by atoms with E-state index in [4.69, 9.17) is 5.73 Å². The lowest BCUT2D eigenvalue weighted by Gasteiger charge is -2.54. The van der Waals surface area contributed by atoms with Gasteiger partial charge in [-0.1, -0.05) is 0 Å². The minimum absolute atomic E-state index is 0.0625. The first-order valence-corrected chi connectivity index (χ1v) is 7.78. The van der Waals surface area contributed by atoms with Gasteiger partial charge >= 0.3 is 0 Å². The second-order valence-corrected chi connectivity index (χ2v) is 7.12. The van der Waals surface area contributed by atoms with Crippen molar-refractivity contribution in [3.8, 4) is 0 Å². The monoisotopic (exact) mass is 257 g/mol. The summed E-state index contributed by atoms with van der Waals surface area (Å²) in [7, 11) is 0. The standard InChI is InChI=1S/C16H23N3/c1-9(17)16-18-7-14(8-19-16)15-12-3-10-2-11(5-12)6-13(15)4-10/h7-13,15H,2-6,17H2,1H3. The second-order valence-electron chi connectivity index (χ2n) is 7.12. The summed E-state index contributed by atoms with van der Waals surface area (Å²) in [4.78, 5) is 8.95. The molecule has 0 spiro atoms. The molecule has 0 aromatic carbocycles. The molecular weight excluding hydrogens is 234 g/mol. The maximum Gasteiger partial charge on any atom is 0.144 e. The Balaban J connectivity index is 1.62. The van der Waals surface area contributed by atoms with Gasteiger partial charge < -0.3 is 5.73 Å². The molecule has 1 heterocycles. The zero-order chi connectivity index (χ0) is 13.0. The largest absolute Gasteiger partial charge is 0.322 e. The molecule has 3 heteroatoms. The van der Waals surface area contributed by atoms with Crippen LogP contribution in [-0.4, -0.2) is 9.97 Å². The molecule has 1 aromatic rings. The Kier molecular flexibility index (Phi) is 2.66. The summed E-state index contributed by atoms with van der Waals surface area (Å²) < 4.78 is 0. The third-order valence-corrected chi connectivity index (χ3v) is 5.71. The van der Waals surface area contributed by atoms with Gasteiger partial charge in [0.2, 0.25) is 0 Å². The zero-order valence-corrected chi connectivity index (χ0v) is 11.6. The highest BCUT2D eigenvalue weighted by Crippen LogP contribution is 2.59. The second kappa shape index (κ2) is 4.27. The highest BCUT2D eigenvalue weighted by molar-refractivity contribution is 5.19. The molecule has 4 saturated carbocycles. The summed E-state index contributed by atoms with van der Waals surface area (Å²) in [5.41, 5.74) is 7.21. The van der Waals surface area contributed by atoms with Crippen LogP contribution in [0, 0.1) is 23.7 Å². The number of nitrogens with two attached hydrogens (primary N) is 1. The molecule has 5 rings (SSSR count). The fourth-order valence-corrected chi connectivity index (χ4v) is 5.22. The SMILES string of the molecule is CC(N)c1ncc(C2C3CC4CC(C3)CC2C4)cn1. The van der Waals surface area contributed by atoms with Crippen molar-refractivity contribution in [2.24, 2.45) is 29.4 Å². The van der Waals surface area contributed by atoms with Crippen LogP contribution in [0.25, 0.3) is 0 Å². The van der Waals surface area contributed by atoms with Crippen molar-refractivity contribution in [3.05, 3.63) is 23.8 Å². The molecule has 4 aliphatic carbocycles. The van der Waals surface area contributed by atoms with E-state index in [-0.39, 0.29) is 6.04 Å². The normalized spacial score (nSPS) is 41.5. The Morgan fingerprint density at radius 3 is 2.00 bits per heavy atom. The number of rotatable bonds is 2. The molecular formula is C16H23N3. The van der Waals surface area contributed by atoms with Gasteiger partial charge in [0, 0.05) is 12.4 Å². The van der Waals surface area contributed by atoms with E-state index in [1.54, 1.807) is 0 Å². The van der Waals surface area contributed by atoms with Gasteiger partial charge in [0.15, 0.2) is 0 Å². The third-order valence-electron chi connectivity index (χ3n) is 5.71. The van der Waals surface area contributed by atoms with Crippen LogP contribution >= 0.6 is 0 Å². The van der Waals surface area contributed by atoms with E-state index in [2.05, 4.69) is 22.4 Å². The molecule has 4 aliphatic rings. The summed E-state index contributed by atoms with van der Waals surface area (Å²) in [5, 5.41) is 0.